The van der Waals surface area contributed by atoms with Crippen molar-refractivity contribution in [1.29, 1.82) is 0 Å². The van der Waals surface area contributed by atoms with Crippen molar-refractivity contribution in [1.82, 2.24) is 9.88 Å². The Bertz CT molecular complexity index is 632. The number of hydrogen-bond donors (Lipinski definition) is 2. The van der Waals surface area contributed by atoms with Gasteiger partial charge >= 0.3 is 0 Å². The van der Waals surface area contributed by atoms with E-state index in [4.69, 9.17) is 5.73 Å². The van der Waals surface area contributed by atoms with Crippen molar-refractivity contribution in [3.8, 4) is 0 Å². The largest absolute Gasteiger partial charge is 0.370 e. The van der Waals surface area contributed by atoms with Crippen molar-refractivity contribution < 1.29 is 0 Å². The molecule has 2 aromatic rings. The van der Waals surface area contributed by atoms with Crippen molar-refractivity contribution in [2.24, 2.45) is 16.6 Å². The number of likely N-dealkylation sites (tertiary alicyclic amines) is 1. The molecule has 1 aliphatic rings. The van der Waals surface area contributed by atoms with E-state index in [2.05, 4.69) is 44.8 Å². The van der Waals surface area contributed by atoms with Crippen LogP contribution in [0, 0.1) is 5.92 Å². The fraction of sp³-hybridized carbons (Fsp3) is 0.412. The SMILES string of the molecule is CN1CCCC(CN=C(N)Nc2ccccn2)C1c1cccs1.I. The van der Waals surface area contributed by atoms with Crippen molar-refractivity contribution in [3.05, 3.63) is 46.8 Å². The molecular weight excluding hydrogens is 433 g/mol. The number of rotatable bonds is 4. The van der Waals surface area contributed by atoms with Gasteiger partial charge in [0.2, 0.25) is 0 Å². The van der Waals surface area contributed by atoms with E-state index in [0.29, 0.717) is 17.9 Å². The van der Waals surface area contributed by atoms with Crippen LogP contribution in [0.1, 0.15) is 23.8 Å². The minimum Gasteiger partial charge on any atom is -0.370 e. The monoisotopic (exact) mass is 457 g/mol. The van der Waals surface area contributed by atoms with Crippen LogP contribution in [0.5, 0.6) is 0 Å². The van der Waals surface area contributed by atoms with Gasteiger partial charge in [-0.1, -0.05) is 12.1 Å². The van der Waals surface area contributed by atoms with Gasteiger partial charge in [0.25, 0.3) is 0 Å². The third-order valence-corrected chi connectivity index (χ3v) is 5.20. The van der Waals surface area contributed by atoms with E-state index >= 15 is 0 Å². The lowest BCUT2D eigenvalue weighted by molar-refractivity contribution is 0.128. The summed E-state index contributed by atoms with van der Waals surface area (Å²) in [6.07, 6.45) is 4.14. The van der Waals surface area contributed by atoms with Gasteiger partial charge in [0.1, 0.15) is 5.82 Å². The van der Waals surface area contributed by atoms with Crippen LogP contribution in [0.25, 0.3) is 0 Å². The van der Waals surface area contributed by atoms with E-state index in [1.807, 2.05) is 29.5 Å². The number of thiophene rings is 1. The second-order valence-electron chi connectivity index (χ2n) is 5.91. The van der Waals surface area contributed by atoms with Gasteiger partial charge in [-0.05, 0) is 55.9 Å². The molecule has 2 unspecified atom stereocenters. The molecule has 24 heavy (non-hydrogen) atoms. The molecule has 130 valence electrons. The molecule has 2 aromatic heterocycles. The van der Waals surface area contributed by atoms with Gasteiger partial charge in [-0.15, -0.1) is 35.3 Å². The maximum Gasteiger partial charge on any atom is 0.194 e. The molecule has 1 fully saturated rings. The molecule has 0 spiro atoms. The number of piperidine rings is 1. The zero-order valence-corrected chi connectivity index (χ0v) is 16.9. The van der Waals surface area contributed by atoms with Gasteiger partial charge in [0, 0.05) is 23.7 Å². The Labute approximate surface area is 164 Å². The molecule has 3 N–H and O–H groups in total. The number of guanidine groups is 1. The highest BCUT2D eigenvalue weighted by Crippen LogP contribution is 2.37. The van der Waals surface area contributed by atoms with Gasteiger partial charge in [0.05, 0.1) is 0 Å². The molecule has 1 aliphatic heterocycles. The second kappa shape index (κ2) is 9.33. The average Bonchev–Trinajstić information content (AvgIpc) is 3.08. The van der Waals surface area contributed by atoms with Gasteiger partial charge in [-0.25, -0.2) is 4.98 Å². The summed E-state index contributed by atoms with van der Waals surface area (Å²) in [5.41, 5.74) is 6.01. The Morgan fingerprint density at radius 2 is 2.29 bits per heavy atom. The summed E-state index contributed by atoms with van der Waals surface area (Å²) in [5.74, 6) is 1.66. The molecule has 0 aromatic carbocycles. The molecule has 7 heteroatoms. The number of hydrogen-bond acceptors (Lipinski definition) is 4. The highest BCUT2D eigenvalue weighted by molar-refractivity contribution is 14.0. The number of nitrogens with one attached hydrogen (secondary N) is 1. The number of aliphatic imine (C=N–C) groups is 1. The van der Waals surface area contributed by atoms with Crippen LogP contribution < -0.4 is 11.1 Å². The number of halogens is 1. The average molecular weight is 457 g/mol. The fourth-order valence-corrected chi connectivity index (χ4v) is 4.17. The first-order valence-corrected chi connectivity index (χ1v) is 8.83. The van der Waals surface area contributed by atoms with Gasteiger partial charge in [0.15, 0.2) is 5.96 Å². The van der Waals surface area contributed by atoms with Crippen LogP contribution in [0.3, 0.4) is 0 Å². The predicted octanol–water partition coefficient (Wildman–Crippen LogP) is 3.57. The number of nitrogens with two attached hydrogens (primary N) is 1. The van der Waals surface area contributed by atoms with Crippen LogP contribution >= 0.6 is 35.3 Å². The first-order valence-electron chi connectivity index (χ1n) is 7.95. The zero-order chi connectivity index (χ0) is 16.1. The summed E-state index contributed by atoms with van der Waals surface area (Å²) < 4.78 is 0. The number of anilines is 1. The first-order chi connectivity index (χ1) is 11.2. The molecule has 5 nitrogen and oxygen atoms in total. The predicted molar refractivity (Wildman–Crippen MR) is 112 cm³/mol. The van der Waals surface area contributed by atoms with Gasteiger partial charge < -0.3 is 11.1 Å². The summed E-state index contributed by atoms with van der Waals surface area (Å²) in [7, 11) is 2.20. The van der Waals surface area contributed by atoms with Crippen LogP contribution in [0.15, 0.2) is 46.9 Å². The number of nitrogens with zero attached hydrogens (tertiary/aromatic N) is 3. The highest BCUT2D eigenvalue weighted by atomic mass is 127. The highest BCUT2D eigenvalue weighted by Gasteiger charge is 2.30. The Morgan fingerprint density at radius 1 is 1.42 bits per heavy atom. The topological polar surface area (TPSA) is 66.5 Å². The standard InChI is InChI=1S/C17H23N5S.HI/c1-22-10-4-6-13(16(22)14-7-5-11-23-14)12-20-17(18)21-15-8-2-3-9-19-15;/h2-3,5,7-9,11,13,16H,4,6,10,12H2,1H3,(H3,18,19,20,21);1H. The van der Waals surface area contributed by atoms with E-state index in [1.165, 1.54) is 17.7 Å². The minimum atomic E-state index is 0. The van der Waals surface area contributed by atoms with Gasteiger partial charge in [-0.2, -0.15) is 0 Å². The van der Waals surface area contributed by atoms with E-state index in [-0.39, 0.29) is 24.0 Å². The summed E-state index contributed by atoms with van der Waals surface area (Å²) in [6.45, 7) is 1.88. The maximum atomic E-state index is 6.01. The van der Waals surface area contributed by atoms with E-state index < -0.39 is 0 Å². The smallest absolute Gasteiger partial charge is 0.194 e. The van der Waals surface area contributed by atoms with Crippen LogP contribution in [-0.4, -0.2) is 36.0 Å². The lowest BCUT2D eigenvalue weighted by Crippen LogP contribution is -2.37. The Morgan fingerprint density at radius 3 is 3.00 bits per heavy atom. The summed E-state index contributed by atoms with van der Waals surface area (Å²) in [4.78, 5) is 12.6. The lowest BCUT2D eigenvalue weighted by Gasteiger charge is -2.38. The van der Waals surface area contributed by atoms with E-state index in [9.17, 15) is 0 Å². The second-order valence-corrected chi connectivity index (χ2v) is 6.89. The Hall–Kier alpha value is -1.19. The van der Waals surface area contributed by atoms with E-state index in [0.717, 1.165) is 18.9 Å². The number of pyridine rings is 1. The number of aromatic nitrogens is 1. The first kappa shape index (κ1) is 19.1. The van der Waals surface area contributed by atoms with Crippen molar-refractivity contribution in [3.63, 3.8) is 0 Å². The van der Waals surface area contributed by atoms with Crippen molar-refractivity contribution in [2.75, 3.05) is 25.5 Å². The molecule has 0 radical (unpaired) electrons. The molecule has 3 heterocycles. The van der Waals surface area contributed by atoms with Crippen LogP contribution in [0.2, 0.25) is 0 Å². The van der Waals surface area contributed by atoms with Crippen molar-refractivity contribution in [2.45, 2.75) is 18.9 Å². The lowest BCUT2D eigenvalue weighted by atomic mass is 9.88. The molecule has 0 saturated carbocycles. The molecule has 0 aliphatic carbocycles. The quantitative estimate of drug-likeness (QED) is 0.419. The molecule has 0 amide bonds. The Kier molecular flexibility index (Phi) is 7.44. The molecule has 0 bridgehead atoms. The summed E-state index contributed by atoms with van der Waals surface area (Å²) in [5, 5.41) is 5.20. The van der Waals surface area contributed by atoms with E-state index in [1.54, 1.807) is 6.20 Å². The normalized spacial score (nSPS) is 22.0. The third kappa shape index (κ3) is 4.90. The van der Waals surface area contributed by atoms with Gasteiger partial charge in [-0.3, -0.25) is 9.89 Å². The molecule has 2 atom stereocenters. The Balaban J connectivity index is 0.00000208. The van der Waals surface area contributed by atoms with Crippen LogP contribution in [-0.2, 0) is 0 Å². The molecule has 3 rings (SSSR count). The van der Waals surface area contributed by atoms with Crippen molar-refractivity contribution >= 4 is 47.1 Å². The molecule has 1 saturated heterocycles. The zero-order valence-electron chi connectivity index (χ0n) is 13.8. The maximum absolute atomic E-state index is 6.01. The minimum absolute atomic E-state index is 0. The summed E-state index contributed by atoms with van der Waals surface area (Å²) >= 11 is 1.83. The summed E-state index contributed by atoms with van der Waals surface area (Å²) in [6, 6.07) is 10.5. The third-order valence-electron chi connectivity index (χ3n) is 4.26. The molecular formula is C17H24IN5S. The fourth-order valence-electron chi connectivity index (χ4n) is 3.18. The van der Waals surface area contributed by atoms with Crippen LogP contribution in [0.4, 0.5) is 5.82 Å².